The number of rotatable bonds is 4. The zero-order chi connectivity index (χ0) is 12.0. The van der Waals surface area contributed by atoms with Crippen molar-refractivity contribution in [3.63, 3.8) is 0 Å². The fraction of sp³-hybridized carbons (Fsp3) is 0.818. The molecule has 0 aromatic rings. The van der Waals surface area contributed by atoms with Crippen molar-refractivity contribution in [2.45, 2.75) is 19.3 Å². The molecule has 0 radical (unpaired) electrons. The monoisotopic (exact) mass is 229 g/mol. The average Bonchev–Trinajstić information content (AvgIpc) is 2.31. The second kappa shape index (κ2) is 6.48. The lowest BCUT2D eigenvalue weighted by molar-refractivity contribution is -0.144. The van der Waals surface area contributed by atoms with Crippen molar-refractivity contribution in [1.29, 1.82) is 0 Å². The molecule has 0 N–H and O–H groups in total. The summed E-state index contributed by atoms with van der Waals surface area (Å²) in [5, 5.41) is 0. The maximum absolute atomic E-state index is 11.1. The summed E-state index contributed by atoms with van der Waals surface area (Å²) in [5.41, 5.74) is 0. The van der Waals surface area contributed by atoms with Crippen LogP contribution in [0.2, 0.25) is 0 Å². The number of carbonyl (C=O) groups is 2. The molecule has 1 heterocycles. The molecule has 0 bridgehead atoms. The molecular weight excluding hydrogens is 210 g/mol. The molecular formula is C11H19NO4. The van der Waals surface area contributed by atoms with Crippen molar-refractivity contribution in [3.8, 4) is 0 Å². The van der Waals surface area contributed by atoms with Gasteiger partial charge in [-0.1, -0.05) is 0 Å². The highest BCUT2D eigenvalue weighted by Crippen LogP contribution is 2.20. The Labute approximate surface area is 95.7 Å². The Morgan fingerprint density at radius 1 is 1.12 bits per heavy atom. The van der Waals surface area contributed by atoms with E-state index in [0.717, 1.165) is 25.9 Å². The van der Waals surface area contributed by atoms with Crippen LogP contribution in [0.4, 0.5) is 0 Å². The van der Waals surface area contributed by atoms with Gasteiger partial charge in [-0.15, -0.1) is 0 Å². The predicted octanol–water partition coefficient (Wildman–Crippen LogP) is 0.434. The molecule has 16 heavy (non-hydrogen) atoms. The quantitative estimate of drug-likeness (QED) is 0.654. The number of ether oxygens (including phenoxy) is 2. The Morgan fingerprint density at radius 3 is 2.19 bits per heavy atom. The molecule has 5 heteroatoms. The number of esters is 2. The maximum Gasteiger partial charge on any atom is 0.319 e. The van der Waals surface area contributed by atoms with E-state index in [1.165, 1.54) is 14.2 Å². The summed E-state index contributed by atoms with van der Waals surface area (Å²) >= 11 is 0. The van der Waals surface area contributed by atoms with Gasteiger partial charge in [-0.2, -0.15) is 0 Å². The molecule has 0 unspecified atom stereocenters. The number of piperidine rings is 1. The first-order chi connectivity index (χ1) is 7.65. The number of hydrogen-bond donors (Lipinski definition) is 0. The molecule has 1 rings (SSSR count). The molecule has 5 nitrogen and oxygen atoms in total. The van der Waals surface area contributed by atoms with Crippen molar-refractivity contribution in [2.24, 2.45) is 5.92 Å². The van der Waals surface area contributed by atoms with Crippen molar-refractivity contribution < 1.29 is 19.1 Å². The van der Waals surface area contributed by atoms with E-state index < -0.39 is 0 Å². The Balaban J connectivity index is 2.23. The minimum Gasteiger partial charge on any atom is -0.469 e. The Bertz CT molecular complexity index is 220. The van der Waals surface area contributed by atoms with Gasteiger partial charge < -0.3 is 9.47 Å². The van der Waals surface area contributed by atoms with Gasteiger partial charge in [0, 0.05) is 6.42 Å². The van der Waals surface area contributed by atoms with Gasteiger partial charge >= 0.3 is 11.9 Å². The van der Waals surface area contributed by atoms with Crippen molar-refractivity contribution in [3.05, 3.63) is 0 Å². The van der Waals surface area contributed by atoms with Gasteiger partial charge in [-0.25, -0.2) is 0 Å². The fourth-order valence-corrected chi connectivity index (χ4v) is 1.91. The lowest BCUT2D eigenvalue weighted by Crippen LogP contribution is -2.38. The van der Waals surface area contributed by atoms with E-state index in [-0.39, 0.29) is 11.9 Å². The molecule has 0 spiro atoms. The number of hydrogen-bond acceptors (Lipinski definition) is 5. The van der Waals surface area contributed by atoms with E-state index in [9.17, 15) is 9.59 Å². The Hall–Kier alpha value is -1.10. The largest absolute Gasteiger partial charge is 0.469 e. The smallest absolute Gasteiger partial charge is 0.319 e. The van der Waals surface area contributed by atoms with Crippen LogP contribution in [0.25, 0.3) is 0 Å². The third-order valence-electron chi connectivity index (χ3n) is 2.97. The van der Waals surface area contributed by atoms with Gasteiger partial charge in [0.15, 0.2) is 0 Å². The van der Waals surface area contributed by atoms with Gasteiger partial charge in [0.1, 0.15) is 0 Å². The summed E-state index contributed by atoms with van der Waals surface area (Å²) in [7, 11) is 2.81. The van der Waals surface area contributed by atoms with Crippen LogP contribution in [0.5, 0.6) is 0 Å². The lowest BCUT2D eigenvalue weighted by atomic mass is 9.94. The van der Waals surface area contributed by atoms with Gasteiger partial charge in [0.2, 0.25) is 0 Å². The highest BCUT2D eigenvalue weighted by atomic mass is 16.5. The maximum atomic E-state index is 11.1. The molecule has 0 aromatic carbocycles. The standard InChI is InChI=1S/C11H19NO4/c1-15-10(13)7-9-3-5-12(6-4-9)8-11(14)16-2/h9H,3-8H2,1-2H3. The van der Waals surface area contributed by atoms with E-state index in [1.54, 1.807) is 0 Å². The zero-order valence-corrected chi connectivity index (χ0v) is 9.90. The first-order valence-corrected chi connectivity index (χ1v) is 5.51. The van der Waals surface area contributed by atoms with Crippen LogP contribution in [0.15, 0.2) is 0 Å². The van der Waals surface area contributed by atoms with Gasteiger partial charge in [-0.3, -0.25) is 14.5 Å². The van der Waals surface area contributed by atoms with Crippen molar-refractivity contribution in [1.82, 2.24) is 4.90 Å². The average molecular weight is 229 g/mol. The van der Waals surface area contributed by atoms with Crippen molar-refractivity contribution >= 4 is 11.9 Å². The summed E-state index contributed by atoms with van der Waals surface area (Å²) < 4.78 is 9.24. The molecule has 92 valence electrons. The molecule has 0 aromatic heterocycles. The molecule has 0 saturated carbocycles. The minimum atomic E-state index is -0.202. The predicted molar refractivity (Wildman–Crippen MR) is 57.8 cm³/mol. The van der Waals surface area contributed by atoms with Crippen LogP contribution >= 0.6 is 0 Å². The van der Waals surface area contributed by atoms with Gasteiger partial charge in [-0.05, 0) is 31.8 Å². The fourth-order valence-electron chi connectivity index (χ4n) is 1.91. The summed E-state index contributed by atoms with van der Waals surface area (Å²) in [4.78, 5) is 24.2. The van der Waals surface area contributed by atoms with E-state index in [2.05, 4.69) is 14.4 Å². The van der Waals surface area contributed by atoms with E-state index >= 15 is 0 Å². The van der Waals surface area contributed by atoms with E-state index in [0.29, 0.717) is 18.9 Å². The van der Waals surface area contributed by atoms with Crippen LogP contribution in [0, 0.1) is 5.92 Å². The highest BCUT2D eigenvalue weighted by Gasteiger charge is 2.22. The first kappa shape index (κ1) is 13.0. The number of nitrogens with zero attached hydrogens (tertiary/aromatic N) is 1. The molecule has 1 aliphatic rings. The van der Waals surface area contributed by atoms with E-state index in [1.807, 2.05) is 0 Å². The molecule has 0 aliphatic carbocycles. The number of carbonyl (C=O) groups excluding carboxylic acids is 2. The Kier molecular flexibility index (Phi) is 5.25. The number of likely N-dealkylation sites (tertiary alicyclic amines) is 1. The highest BCUT2D eigenvalue weighted by molar-refractivity contribution is 5.71. The zero-order valence-electron chi connectivity index (χ0n) is 9.90. The number of methoxy groups -OCH3 is 2. The van der Waals surface area contributed by atoms with Crippen molar-refractivity contribution in [2.75, 3.05) is 33.9 Å². The summed E-state index contributed by atoms with van der Waals surface area (Å²) in [6, 6.07) is 0. The third-order valence-corrected chi connectivity index (χ3v) is 2.97. The lowest BCUT2D eigenvalue weighted by Gasteiger charge is -2.30. The molecule has 1 aliphatic heterocycles. The van der Waals surface area contributed by atoms with Crippen LogP contribution in [0.1, 0.15) is 19.3 Å². The van der Waals surface area contributed by atoms with Crippen LogP contribution in [-0.4, -0.2) is 50.7 Å². The Morgan fingerprint density at radius 2 is 1.69 bits per heavy atom. The van der Waals surface area contributed by atoms with Crippen LogP contribution < -0.4 is 0 Å². The van der Waals surface area contributed by atoms with Crippen LogP contribution in [0.3, 0.4) is 0 Å². The molecule has 1 fully saturated rings. The summed E-state index contributed by atoms with van der Waals surface area (Å²) in [6.07, 6.45) is 2.36. The summed E-state index contributed by atoms with van der Waals surface area (Å²) in [6.45, 7) is 2.04. The SMILES string of the molecule is COC(=O)CC1CCN(CC(=O)OC)CC1. The van der Waals surface area contributed by atoms with E-state index in [4.69, 9.17) is 0 Å². The van der Waals surface area contributed by atoms with Gasteiger partial charge in [0.25, 0.3) is 0 Å². The van der Waals surface area contributed by atoms with Crippen LogP contribution in [-0.2, 0) is 19.1 Å². The topological polar surface area (TPSA) is 55.8 Å². The molecule has 1 saturated heterocycles. The third kappa shape index (κ3) is 4.18. The molecule has 0 atom stereocenters. The second-order valence-electron chi connectivity index (χ2n) is 4.08. The molecule has 0 amide bonds. The second-order valence-corrected chi connectivity index (χ2v) is 4.08. The normalized spacial score (nSPS) is 18.1. The van der Waals surface area contributed by atoms with Gasteiger partial charge in [0.05, 0.1) is 20.8 Å². The summed E-state index contributed by atoms with van der Waals surface area (Å²) in [5.74, 6) is 0.0409. The minimum absolute atomic E-state index is 0.147. The first-order valence-electron chi connectivity index (χ1n) is 5.51.